The Kier molecular flexibility index (Phi) is 3.20. The lowest BCUT2D eigenvalue weighted by Gasteiger charge is -2.44. The van der Waals surface area contributed by atoms with Gasteiger partial charge in [-0.3, -0.25) is 0 Å². The van der Waals surface area contributed by atoms with E-state index in [1.807, 2.05) is 0 Å². The van der Waals surface area contributed by atoms with Gasteiger partial charge in [-0.05, 0) is 38.0 Å². The summed E-state index contributed by atoms with van der Waals surface area (Å²) < 4.78 is 0. The highest BCUT2D eigenvalue weighted by molar-refractivity contribution is 5.51. The average molecular weight is 218 g/mol. The van der Waals surface area contributed by atoms with Crippen molar-refractivity contribution < 1.29 is 0 Å². The molecule has 0 saturated carbocycles. The molecule has 2 heteroatoms. The van der Waals surface area contributed by atoms with Gasteiger partial charge in [-0.15, -0.1) is 0 Å². The molecule has 2 nitrogen and oxygen atoms in total. The average Bonchev–Trinajstić information content (AvgIpc) is 2.28. The Morgan fingerprint density at radius 1 is 1.38 bits per heavy atom. The first-order chi connectivity index (χ1) is 7.63. The van der Waals surface area contributed by atoms with Crippen LogP contribution in [0.4, 0.5) is 5.69 Å². The highest BCUT2D eigenvalue weighted by Crippen LogP contribution is 2.26. The van der Waals surface area contributed by atoms with E-state index >= 15 is 0 Å². The van der Waals surface area contributed by atoms with Gasteiger partial charge in [-0.25, -0.2) is 0 Å². The van der Waals surface area contributed by atoms with Crippen molar-refractivity contribution in [3.8, 4) is 0 Å². The molecule has 0 atom stereocenters. The smallest absolute Gasteiger partial charge is 0.0470 e. The lowest BCUT2D eigenvalue weighted by atomic mass is 9.98. The van der Waals surface area contributed by atoms with E-state index in [4.69, 9.17) is 0 Å². The molecule has 1 aromatic carbocycles. The summed E-state index contributed by atoms with van der Waals surface area (Å²) in [7, 11) is 0. The molecule has 88 valence electrons. The maximum Gasteiger partial charge on any atom is 0.0470 e. The van der Waals surface area contributed by atoms with Crippen LogP contribution in [-0.2, 0) is 6.42 Å². The van der Waals surface area contributed by atoms with Gasteiger partial charge in [-0.2, -0.15) is 0 Å². The first-order valence-corrected chi connectivity index (χ1v) is 6.21. The Morgan fingerprint density at radius 3 is 2.88 bits per heavy atom. The van der Waals surface area contributed by atoms with Crippen LogP contribution < -0.4 is 10.2 Å². The number of nitrogens with one attached hydrogen (secondary N) is 1. The number of anilines is 1. The minimum absolute atomic E-state index is 0.213. The molecular weight excluding hydrogens is 196 g/mol. The molecule has 0 aliphatic carbocycles. The van der Waals surface area contributed by atoms with Gasteiger partial charge in [0, 0.05) is 30.9 Å². The van der Waals surface area contributed by atoms with Gasteiger partial charge < -0.3 is 10.2 Å². The van der Waals surface area contributed by atoms with E-state index in [2.05, 4.69) is 55.3 Å². The predicted octanol–water partition coefficient (Wildman–Crippen LogP) is 2.44. The summed E-state index contributed by atoms with van der Waals surface area (Å²) in [5.41, 5.74) is 3.00. The van der Waals surface area contributed by atoms with Gasteiger partial charge in [0.1, 0.15) is 0 Å². The summed E-state index contributed by atoms with van der Waals surface area (Å²) >= 11 is 0. The molecule has 2 rings (SSSR count). The fourth-order valence-corrected chi connectivity index (χ4v) is 2.41. The van der Waals surface area contributed by atoms with Gasteiger partial charge in [0.15, 0.2) is 0 Å². The van der Waals surface area contributed by atoms with Crippen LogP contribution >= 0.6 is 0 Å². The molecule has 0 aromatic heterocycles. The molecule has 0 bridgehead atoms. The van der Waals surface area contributed by atoms with E-state index in [1.54, 1.807) is 0 Å². The SMILES string of the molecule is CCc1cccc(N2CCNCC2(C)C)c1. The van der Waals surface area contributed by atoms with Gasteiger partial charge in [-0.1, -0.05) is 19.1 Å². The van der Waals surface area contributed by atoms with Gasteiger partial charge in [0.25, 0.3) is 0 Å². The van der Waals surface area contributed by atoms with E-state index < -0.39 is 0 Å². The second kappa shape index (κ2) is 4.46. The van der Waals surface area contributed by atoms with Crippen LogP contribution in [0.1, 0.15) is 26.3 Å². The number of benzene rings is 1. The standard InChI is InChI=1S/C14H22N2/c1-4-12-6-5-7-13(10-12)16-9-8-15-11-14(16,2)3/h5-7,10,15H,4,8-9,11H2,1-3H3. The zero-order valence-corrected chi connectivity index (χ0v) is 10.6. The maximum atomic E-state index is 3.46. The summed E-state index contributed by atoms with van der Waals surface area (Å²) in [6.07, 6.45) is 1.11. The molecule has 1 heterocycles. The van der Waals surface area contributed by atoms with Crippen LogP contribution in [0.2, 0.25) is 0 Å². The molecule has 1 saturated heterocycles. The van der Waals surface area contributed by atoms with E-state index in [-0.39, 0.29) is 5.54 Å². The normalized spacial score (nSPS) is 19.8. The third-order valence-corrected chi connectivity index (χ3v) is 3.43. The van der Waals surface area contributed by atoms with Crippen molar-refractivity contribution in [3.63, 3.8) is 0 Å². The van der Waals surface area contributed by atoms with Crippen molar-refractivity contribution >= 4 is 5.69 Å². The van der Waals surface area contributed by atoms with Gasteiger partial charge in [0.2, 0.25) is 0 Å². The first-order valence-electron chi connectivity index (χ1n) is 6.21. The lowest BCUT2D eigenvalue weighted by molar-refractivity contribution is 0.380. The number of piperazine rings is 1. The van der Waals surface area contributed by atoms with Crippen LogP contribution in [-0.4, -0.2) is 25.2 Å². The second-order valence-electron chi connectivity index (χ2n) is 5.16. The van der Waals surface area contributed by atoms with Crippen molar-refractivity contribution in [2.24, 2.45) is 0 Å². The Balaban J connectivity index is 2.27. The number of hydrogen-bond acceptors (Lipinski definition) is 2. The van der Waals surface area contributed by atoms with Gasteiger partial charge in [0.05, 0.1) is 0 Å². The topological polar surface area (TPSA) is 15.3 Å². The van der Waals surface area contributed by atoms with Crippen LogP contribution in [0.25, 0.3) is 0 Å². The number of hydrogen-bond donors (Lipinski definition) is 1. The summed E-state index contributed by atoms with van der Waals surface area (Å²) in [6.45, 7) is 10.1. The van der Waals surface area contributed by atoms with E-state index in [9.17, 15) is 0 Å². The summed E-state index contributed by atoms with van der Waals surface area (Å²) in [6, 6.07) is 8.93. The molecule has 0 unspecified atom stereocenters. The minimum Gasteiger partial charge on any atom is -0.364 e. The molecule has 0 radical (unpaired) electrons. The minimum atomic E-state index is 0.213. The third-order valence-electron chi connectivity index (χ3n) is 3.43. The fraction of sp³-hybridized carbons (Fsp3) is 0.571. The highest BCUT2D eigenvalue weighted by Gasteiger charge is 2.29. The number of aryl methyl sites for hydroxylation is 1. The van der Waals surface area contributed by atoms with Crippen molar-refractivity contribution in [2.75, 3.05) is 24.5 Å². The number of nitrogens with zero attached hydrogens (tertiary/aromatic N) is 1. The molecule has 1 N–H and O–H groups in total. The molecule has 16 heavy (non-hydrogen) atoms. The molecular formula is C14H22N2. The van der Waals surface area contributed by atoms with Crippen molar-refractivity contribution in [1.82, 2.24) is 5.32 Å². The Morgan fingerprint density at radius 2 is 2.19 bits per heavy atom. The van der Waals surface area contributed by atoms with E-state index in [1.165, 1.54) is 11.3 Å². The summed E-state index contributed by atoms with van der Waals surface area (Å²) in [5.74, 6) is 0. The largest absolute Gasteiger partial charge is 0.364 e. The summed E-state index contributed by atoms with van der Waals surface area (Å²) in [4.78, 5) is 2.52. The molecule has 0 amide bonds. The molecule has 0 spiro atoms. The number of rotatable bonds is 2. The molecule has 1 aliphatic heterocycles. The Bertz CT molecular complexity index is 358. The fourth-order valence-electron chi connectivity index (χ4n) is 2.41. The molecule has 1 fully saturated rings. The second-order valence-corrected chi connectivity index (χ2v) is 5.16. The van der Waals surface area contributed by atoms with Crippen LogP contribution in [0.3, 0.4) is 0 Å². The van der Waals surface area contributed by atoms with E-state index in [0.29, 0.717) is 0 Å². The third kappa shape index (κ3) is 2.22. The molecule has 1 aromatic rings. The van der Waals surface area contributed by atoms with Crippen LogP contribution in [0.5, 0.6) is 0 Å². The lowest BCUT2D eigenvalue weighted by Crippen LogP contribution is -2.58. The zero-order chi connectivity index (χ0) is 11.6. The Hall–Kier alpha value is -1.02. The Labute approximate surface area is 98.7 Å². The zero-order valence-electron chi connectivity index (χ0n) is 10.6. The van der Waals surface area contributed by atoms with E-state index in [0.717, 1.165) is 26.1 Å². The highest BCUT2D eigenvalue weighted by atomic mass is 15.3. The van der Waals surface area contributed by atoms with Gasteiger partial charge >= 0.3 is 0 Å². The first kappa shape index (κ1) is 11.5. The molecule has 1 aliphatic rings. The van der Waals surface area contributed by atoms with Crippen LogP contribution in [0, 0.1) is 0 Å². The summed E-state index contributed by atoms with van der Waals surface area (Å²) in [5, 5.41) is 3.46. The van der Waals surface area contributed by atoms with Crippen molar-refractivity contribution in [2.45, 2.75) is 32.7 Å². The quantitative estimate of drug-likeness (QED) is 0.820. The predicted molar refractivity (Wildman–Crippen MR) is 70.1 cm³/mol. The monoisotopic (exact) mass is 218 g/mol. The maximum absolute atomic E-state index is 3.46. The van der Waals surface area contributed by atoms with Crippen molar-refractivity contribution in [3.05, 3.63) is 29.8 Å². The van der Waals surface area contributed by atoms with Crippen LogP contribution in [0.15, 0.2) is 24.3 Å². The van der Waals surface area contributed by atoms with Crippen molar-refractivity contribution in [1.29, 1.82) is 0 Å².